The van der Waals surface area contributed by atoms with Gasteiger partial charge < -0.3 is 10.6 Å². The second-order valence-corrected chi connectivity index (χ2v) is 9.15. The van der Waals surface area contributed by atoms with Crippen molar-refractivity contribution in [3.63, 3.8) is 0 Å². The second-order valence-electron chi connectivity index (χ2n) is 6.20. The molecule has 0 spiro atoms. The summed E-state index contributed by atoms with van der Waals surface area (Å²) < 4.78 is 25.3. The maximum absolute atomic E-state index is 11.4. The quantitative estimate of drug-likeness (QED) is 0.271. The fourth-order valence-electron chi connectivity index (χ4n) is 2.07. The molecule has 0 atom stereocenters. The molecule has 0 aliphatic carbocycles. The van der Waals surface area contributed by atoms with Crippen LogP contribution in [0, 0.1) is 0 Å². The minimum Gasteiger partial charge on any atom is -0.357 e. The Kier molecular flexibility index (Phi) is 11.1. The molecule has 25 heavy (non-hydrogen) atoms. The van der Waals surface area contributed by atoms with E-state index >= 15 is 0 Å². The van der Waals surface area contributed by atoms with Gasteiger partial charge in [-0.2, -0.15) is 0 Å². The van der Waals surface area contributed by atoms with Crippen molar-refractivity contribution in [2.75, 3.05) is 25.9 Å². The zero-order valence-electron chi connectivity index (χ0n) is 15.5. The zero-order valence-corrected chi connectivity index (χ0v) is 19.5. The van der Waals surface area contributed by atoms with E-state index in [-0.39, 0.29) is 24.0 Å². The van der Waals surface area contributed by atoms with Gasteiger partial charge in [-0.25, -0.2) is 18.1 Å². The first-order valence-corrected chi connectivity index (χ1v) is 10.8. The van der Waals surface area contributed by atoms with Crippen LogP contribution in [0.3, 0.4) is 0 Å². The van der Waals surface area contributed by atoms with Gasteiger partial charge in [0, 0.05) is 36.1 Å². The Labute approximate surface area is 172 Å². The van der Waals surface area contributed by atoms with Crippen LogP contribution in [-0.2, 0) is 22.9 Å². The summed E-state index contributed by atoms with van der Waals surface area (Å²) in [6.07, 6.45) is 4.93. The largest absolute Gasteiger partial charge is 0.357 e. The molecule has 146 valence electrons. The fraction of sp³-hybridized carbons (Fsp3) is 0.733. The highest BCUT2D eigenvalue weighted by atomic mass is 127. The smallest absolute Gasteiger partial charge is 0.209 e. The van der Waals surface area contributed by atoms with E-state index in [2.05, 4.69) is 32.3 Å². The molecule has 0 fully saturated rings. The van der Waals surface area contributed by atoms with Crippen LogP contribution in [-0.4, -0.2) is 50.8 Å². The number of sulfonamides is 1. The molecule has 0 aliphatic heterocycles. The first-order chi connectivity index (χ1) is 11.1. The van der Waals surface area contributed by atoms with Gasteiger partial charge in [-0.05, 0) is 27.2 Å². The summed E-state index contributed by atoms with van der Waals surface area (Å²) >= 11 is 1.73. The zero-order chi connectivity index (χ0) is 18.2. The van der Waals surface area contributed by atoms with Crippen LogP contribution in [0.4, 0.5) is 0 Å². The second kappa shape index (κ2) is 11.3. The molecular formula is C15H30IN5O2S2. The molecule has 1 aromatic rings. The molecule has 3 N–H and O–H groups in total. The standard InChI is InChI=1S/C15H29N5O2S2.HI/c1-6-12-10-18-13(23-12)8-9-17-14(16-7-2)19-11-15(3,4)20-24(5,21)22;/h10,20H,6-9,11H2,1-5H3,(H2,16,17,19);1H. The normalized spacial score (nSPS) is 12.6. The summed E-state index contributed by atoms with van der Waals surface area (Å²) in [5.74, 6) is 0.674. The lowest BCUT2D eigenvalue weighted by Gasteiger charge is -2.23. The average Bonchev–Trinajstić information content (AvgIpc) is 2.90. The Balaban J connectivity index is 0.00000576. The Morgan fingerprint density at radius 2 is 2.00 bits per heavy atom. The van der Waals surface area contributed by atoms with E-state index in [4.69, 9.17) is 0 Å². The third-order valence-electron chi connectivity index (χ3n) is 3.02. The first kappa shape index (κ1) is 24.5. The van der Waals surface area contributed by atoms with E-state index in [1.807, 2.05) is 27.0 Å². The van der Waals surface area contributed by atoms with E-state index in [9.17, 15) is 8.42 Å². The number of nitrogens with zero attached hydrogens (tertiary/aromatic N) is 2. The minimum atomic E-state index is -3.26. The minimum absolute atomic E-state index is 0. The molecule has 1 rings (SSSR count). The maximum atomic E-state index is 11.4. The number of thiazole rings is 1. The third-order valence-corrected chi connectivity index (χ3v) is 5.14. The molecule has 0 unspecified atom stereocenters. The van der Waals surface area contributed by atoms with Crippen molar-refractivity contribution in [2.45, 2.75) is 46.1 Å². The van der Waals surface area contributed by atoms with Gasteiger partial charge in [-0.1, -0.05) is 6.92 Å². The van der Waals surface area contributed by atoms with Crippen molar-refractivity contribution in [2.24, 2.45) is 4.99 Å². The molecule has 0 aliphatic rings. The van der Waals surface area contributed by atoms with E-state index in [0.29, 0.717) is 12.5 Å². The Bertz CT molecular complexity index is 644. The molecule has 10 heteroatoms. The van der Waals surface area contributed by atoms with Crippen LogP contribution in [0.15, 0.2) is 11.2 Å². The summed E-state index contributed by atoms with van der Waals surface area (Å²) in [6, 6.07) is 0. The van der Waals surface area contributed by atoms with Crippen LogP contribution in [0.25, 0.3) is 0 Å². The summed E-state index contributed by atoms with van der Waals surface area (Å²) in [5, 5.41) is 7.53. The van der Waals surface area contributed by atoms with Gasteiger partial charge in [0.05, 0.1) is 17.8 Å². The summed E-state index contributed by atoms with van der Waals surface area (Å²) in [6.45, 7) is 9.53. The molecule has 0 bridgehead atoms. The number of aryl methyl sites for hydroxylation is 1. The third kappa shape index (κ3) is 11.0. The number of hydrogen-bond acceptors (Lipinski definition) is 5. The van der Waals surface area contributed by atoms with Crippen LogP contribution < -0.4 is 15.4 Å². The van der Waals surface area contributed by atoms with Crippen molar-refractivity contribution in [1.29, 1.82) is 0 Å². The highest BCUT2D eigenvalue weighted by molar-refractivity contribution is 14.0. The van der Waals surface area contributed by atoms with E-state index in [1.165, 1.54) is 4.88 Å². The van der Waals surface area contributed by atoms with Crippen LogP contribution >= 0.6 is 35.3 Å². The lowest BCUT2D eigenvalue weighted by atomic mass is 10.1. The summed E-state index contributed by atoms with van der Waals surface area (Å²) in [5.41, 5.74) is -0.638. The first-order valence-electron chi connectivity index (χ1n) is 8.10. The van der Waals surface area contributed by atoms with Crippen LogP contribution in [0.1, 0.15) is 37.6 Å². The molecule has 1 heterocycles. The lowest BCUT2D eigenvalue weighted by molar-refractivity contribution is 0.464. The van der Waals surface area contributed by atoms with Gasteiger partial charge >= 0.3 is 0 Å². The molecule has 0 saturated heterocycles. The topological polar surface area (TPSA) is 95.5 Å². The molecule has 0 saturated carbocycles. The van der Waals surface area contributed by atoms with Crippen LogP contribution in [0.5, 0.6) is 0 Å². The fourth-order valence-corrected chi connectivity index (χ4v) is 4.00. The Morgan fingerprint density at radius 1 is 1.32 bits per heavy atom. The molecule has 7 nitrogen and oxygen atoms in total. The monoisotopic (exact) mass is 503 g/mol. The van der Waals surface area contributed by atoms with Crippen molar-refractivity contribution in [1.82, 2.24) is 20.3 Å². The lowest BCUT2D eigenvalue weighted by Crippen LogP contribution is -2.47. The van der Waals surface area contributed by atoms with Gasteiger partial charge in [0.1, 0.15) is 0 Å². The average molecular weight is 503 g/mol. The van der Waals surface area contributed by atoms with Crippen molar-refractivity contribution in [3.8, 4) is 0 Å². The molecule has 0 amide bonds. The number of hydrogen-bond donors (Lipinski definition) is 3. The van der Waals surface area contributed by atoms with Gasteiger partial charge in [-0.15, -0.1) is 35.3 Å². The Morgan fingerprint density at radius 3 is 2.52 bits per heavy atom. The van der Waals surface area contributed by atoms with Crippen molar-refractivity contribution < 1.29 is 8.42 Å². The molecule has 1 aromatic heterocycles. The van der Waals surface area contributed by atoms with Gasteiger partial charge in [0.15, 0.2) is 5.96 Å². The number of aliphatic imine (C=N–C) groups is 1. The summed E-state index contributed by atoms with van der Waals surface area (Å²) in [7, 11) is -3.26. The van der Waals surface area contributed by atoms with Gasteiger partial charge in [-0.3, -0.25) is 4.99 Å². The molecule has 0 aromatic carbocycles. The number of nitrogens with one attached hydrogen (secondary N) is 3. The maximum Gasteiger partial charge on any atom is 0.209 e. The van der Waals surface area contributed by atoms with Gasteiger partial charge in [0.25, 0.3) is 0 Å². The van der Waals surface area contributed by atoms with E-state index in [1.54, 1.807) is 11.3 Å². The highest BCUT2D eigenvalue weighted by Crippen LogP contribution is 2.13. The van der Waals surface area contributed by atoms with E-state index < -0.39 is 15.6 Å². The van der Waals surface area contributed by atoms with E-state index in [0.717, 1.165) is 37.2 Å². The number of guanidine groups is 1. The number of halogens is 1. The SMILES string of the molecule is CCNC(=NCC(C)(C)NS(C)(=O)=O)NCCc1ncc(CC)s1.I. The predicted octanol–water partition coefficient (Wildman–Crippen LogP) is 1.75. The van der Waals surface area contributed by atoms with Gasteiger partial charge in [0.2, 0.25) is 10.0 Å². The Hall–Kier alpha value is -0.460. The van der Waals surface area contributed by atoms with Crippen molar-refractivity contribution in [3.05, 3.63) is 16.1 Å². The van der Waals surface area contributed by atoms with Crippen LogP contribution in [0.2, 0.25) is 0 Å². The van der Waals surface area contributed by atoms with Crippen molar-refractivity contribution >= 4 is 51.3 Å². The molecular weight excluding hydrogens is 473 g/mol. The molecule has 0 radical (unpaired) electrons. The summed E-state index contributed by atoms with van der Waals surface area (Å²) in [4.78, 5) is 10.2. The predicted molar refractivity (Wildman–Crippen MR) is 117 cm³/mol. The number of rotatable bonds is 9. The highest BCUT2D eigenvalue weighted by Gasteiger charge is 2.21. The number of aromatic nitrogens is 1.